The van der Waals surface area contributed by atoms with Crippen molar-refractivity contribution in [3.05, 3.63) is 153 Å². The quantitative estimate of drug-likeness (QED) is 0.132. The summed E-state index contributed by atoms with van der Waals surface area (Å²) in [4.78, 5) is 0. The Bertz CT molecular complexity index is 3130. The maximum atomic E-state index is 6.73. The van der Waals surface area contributed by atoms with Crippen LogP contribution in [0, 0.1) is 0 Å². The van der Waals surface area contributed by atoms with Crippen molar-refractivity contribution in [3.8, 4) is 69.0 Å². The van der Waals surface area contributed by atoms with Gasteiger partial charge in [0.05, 0.1) is 136 Å². The molecule has 466 valence electrons. The molecule has 0 unspecified atom stereocenters. The van der Waals surface area contributed by atoms with Crippen LogP contribution >= 0.6 is 0 Å². The molecule has 18 heteroatoms. The van der Waals surface area contributed by atoms with E-state index in [-0.39, 0.29) is 13.2 Å². The standard InChI is InChI=1S/C69H82O18/c1-70-60-38-48-32-50-40-66(76-7)52(42-64(50)74-5)34-54-44-69-55(35-53-43-65(75-6)51(41-67(53)77-8)33-49-39-61(71-2)47(37-63(49)73-4)31-46(60)36-62(48)72-3)45-68(54)86-29-25-82-21-17-78-15-19-80-23-27-84-58-13-9-12-57-56(58)11-10-14-59(57)85-28-24-81-20-16-79-18-22-83-26-30-87-69/h9-14,36-45H,15-35H2,1-8H3. The van der Waals surface area contributed by atoms with Crippen molar-refractivity contribution in [3.63, 3.8) is 0 Å². The van der Waals surface area contributed by atoms with Crippen LogP contribution in [0.4, 0.5) is 0 Å². The minimum absolute atomic E-state index is 0.243. The number of methoxy groups -OCH3 is 8. The molecule has 2 heterocycles. The lowest BCUT2D eigenvalue weighted by atomic mass is 9.94. The summed E-state index contributed by atoms with van der Waals surface area (Å²) in [7, 11) is 13.4. The van der Waals surface area contributed by atoms with Crippen molar-refractivity contribution in [2.45, 2.75) is 32.1 Å². The molecule has 0 fully saturated rings. The first kappa shape index (κ1) is 63.7. The lowest BCUT2D eigenvalue weighted by Crippen LogP contribution is -2.15. The molecule has 2 aliphatic heterocycles. The Balaban J connectivity index is 1.03. The summed E-state index contributed by atoms with van der Waals surface area (Å²) in [6.07, 6.45) is 2.12. The van der Waals surface area contributed by atoms with E-state index in [1.807, 2.05) is 97.1 Å². The summed E-state index contributed by atoms with van der Waals surface area (Å²) in [6, 6.07) is 32.1. The van der Waals surface area contributed by atoms with Crippen LogP contribution in [0.1, 0.15) is 55.6 Å². The van der Waals surface area contributed by atoms with Crippen molar-refractivity contribution in [2.24, 2.45) is 0 Å². The van der Waals surface area contributed by atoms with Gasteiger partial charge in [0.15, 0.2) is 0 Å². The lowest BCUT2D eigenvalue weighted by molar-refractivity contribution is 0.00478. The Labute approximate surface area is 510 Å². The highest BCUT2D eigenvalue weighted by Gasteiger charge is 2.24. The van der Waals surface area contributed by atoms with E-state index in [4.69, 9.17) is 85.3 Å². The van der Waals surface area contributed by atoms with Crippen molar-refractivity contribution >= 4 is 10.8 Å². The molecule has 0 atom stereocenters. The van der Waals surface area contributed by atoms with Crippen LogP contribution in [-0.2, 0) is 60.5 Å². The van der Waals surface area contributed by atoms with Crippen molar-refractivity contribution < 1.29 is 85.3 Å². The van der Waals surface area contributed by atoms with E-state index in [1.165, 1.54) is 0 Å². The molecule has 18 nitrogen and oxygen atoms in total. The van der Waals surface area contributed by atoms with Gasteiger partial charge in [0.2, 0.25) is 0 Å². The summed E-state index contributed by atoms with van der Waals surface area (Å²) < 4.78 is 110. The number of fused-ring (bicyclic) bond motifs is 24. The monoisotopic (exact) mass is 1200 g/mol. The van der Waals surface area contributed by atoms with E-state index in [0.29, 0.717) is 182 Å². The highest BCUT2D eigenvalue weighted by atomic mass is 16.6. The van der Waals surface area contributed by atoms with Crippen LogP contribution in [0.3, 0.4) is 0 Å². The highest BCUT2D eigenvalue weighted by molar-refractivity contribution is 5.93. The molecule has 0 amide bonds. The Kier molecular flexibility index (Phi) is 24.0. The Morgan fingerprint density at radius 2 is 0.414 bits per heavy atom. The number of rotatable bonds is 8. The van der Waals surface area contributed by atoms with E-state index in [2.05, 4.69) is 0 Å². The summed E-state index contributed by atoms with van der Waals surface area (Å²) in [6.45, 7) is 5.75. The molecule has 19 rings (SSSR count). The average Bonchev–Trinajstić information content (AvgIpc) is 3.50. The second-order valence-corrected chi connectivity index (χ2v) is 20.5. The molecule has 12 aliphatic rings. The number of ether oxygens (including phenoxy) is 18. The third-order valence-electron chi connectivity index (χ3n) is 15.2. The molecule has 0 saturated carbocycles. The van der Waals surface area contributed by atoms with Crippen LogP contribution in [-0.4, -0.2) is 163 Å². The summed E-state index contributed by atoms with van der Waals surface area (Å²) in [5.74, 6) is 8.16. The van der Waals surface area contributed by atoms with Gasteiger partial charge in [0.1, 0.15) is 95.4 Å². The Morgan fingerprint density at radius 3 is 0.632 bits per heavy atom. The molecule has 7 aromatic rings. The van der Waals surface area contributed by atoms with Gasteiger partial charge in [-0.05, 0) is 72.8 Å². The molecule has 0 radical (unpaired) electrons. The smallest absolute Gasteiger partial charge is 0.127 e. The fourth-order valence-electron chi connectivity index (χ4n) is 10.8. The molecular formula is C69H82O18. The number of hydrogen-bond acceptors (Lipinski definition) is 18. The zero-order chi connectivity index (χ0) is 60.7. The first-order valence-electron chi connectivity index (χ1n) is 29.4. The van der Waals surface area contributed by atoms with Gasteiger partial charge in [-0.1, -0.05) is 24.3 Å². The van der Waals surface area contributed by atoms with Crippen LogP contribution in [0.15, 0.2) is 97.1 Å². The van der Waals surface area contributed by atoms with Crippen LogP contribution in [0.5, 0.6) is 69.0 Å². The number of hydrogen-bond donors (Lipinski definition) is 0. The van der Waals surface area contributed by atoms with Crippen LogP contribution in [0.2, 0.25) is 0 Å². The molecule has 0 saturated heterocycles. The summed E-state index contributed by atoms with van der Waals surface area (Å²) in [5, 5.41) is 1.91. The summed E-state index contributed by atoms with van der Waals surface area (Å²) >= 11 is 0. The van der Waals surface area contributed by atoms with Crippen molar-refractivity contribution in [1.29, 1.82) is 0 Å². The fraction of sp³-hybridized carbons (Fsp3) is 0.420. The second-order valence-electron chi connectivity index (χ2n) is 20.5. The number of benzene rings is 7. The molecule has 0 spiro atoms. The van der Waals surface area contributed by atoms with Crippen LogP contribution < -0.4 is 56.8 Å². The van der Waals surface area contributed by atoms with E-state index in [1.54, 1.807) is 56.9 Å². The first-order valence-corrected chi connectivity index (χ1v) is 29.4. The minimum atomic E-state index is 0.243. The van der Waals surface area contributed by atoms with Gasteiger partial charge < -0.3 is 85.3 Å². The minimum Gasteiger partial charge on any atom is -0.496 e. The molecule has 87 heavy (non-hydrogen) atoms. The van der Waals surface area contributed by atoms with E-state index >= 15 is 0 Å². The van der Waals surface area contributed by atoms with E-state index < -0.39 is 0 Å². The van der Waals surface area contributed by atoms with Gasteiger partial charge in [0.25, 0.3) is 0 Å². The predicted molar refractivity (Wildman–Crippen MR) is 329 cm³/mol. The zero-order valence-corrected chi connectivity index (χ0v) is 51.4. The average molecular weight is 1200 g/mol. The van der Waals surface area contributed by atoms with Crippen molar-refractivity contribution in [1.82, 2.24) is 0 Å². The molecule has 10 aliphatic carbocycles. The molecule has 0 aromatic heterocycles. The fourth-order valence-corrected chi connectivity index (χ4v) is 10.8. The first-order chi connectivity index (χ1) is 42.8. The van der Waals surface area contributed by atoms with Gasteiger partial charge in [0, 0.05) is 98.5 Å². The van der Waals surface area contributed by atoms with E-state index in [9.17, 15) is 0 Å². The van der Waals surface area contributed by atoms with Gasteiger partial charge in [-0.15, -0.1) is 0 Å². The summed E-state index contributed by atoms with van der Waals surface area (Å²) in [5.41, 5.74) is 8.75. The third kappa shape index (κ3) is 16.8. The Morgan fingerprint density at radius 1 is 0.218 bits per heavy atom. The maximum absolute atomic E-state index is 6.73. The molecule has 16 bridgehead atoms. The van der Waals surface area contributed by atoms with Gasteiger partial charge in [-0.3, -0.25) is 0 Å². The van der Waals surface area contributed by atoms with Crippen LogP contribution in [0.25, 0.3) is 10.8 Å². The van der Waals surface area contributed by atoms with Gasteiger partial charge in [-0.25, -0.2) is 0 Å². The maximum Gasteiger partial charge on any atom is 0.127 e. The Hall–Kier alpha value is -7.84. The zero-order valence-electron chi connectivity index (χ0n) is 51.4. The molecule has 7 aromatic carbocycles. The SMILES string of the molecule is COc1cc2c(OC)cc1Cc1cc(OC)c(cc1OC)Cc1cc(OC)c(cc1OC)Cc1cc3c(cc1OCCOCCOCCOCCOc1cccc4c(cccc14)OCCOCCOCCOCCO3)Cc1cc(OC)c(cc1OC)C2. The van der Waals surface area contributed by atoms with Crippen molar-refractivity contribution in [2.75, 3.05) is 163 Å². The van der Waals surface area contributed by atoms with Gasteiger partial charge >= 0.3 is 0 Å². The molecule has 0 N–H and O–H groups in total. The van der Waals surface area contributed by atoms with E-state index in [0.717, 1.165) is 77.9 Å². The lowest BCUT2D eigenvalue weighted by Gasteiger charge is -2.21. The highest BCUT2D eigenvalue weighted by Crippen LogP contribution is 2.43. The largest absolute Gasteiger partial charge is 0.496 e. The predicted octanol–water partition coefficient (Wildman–Crippen LogP) is 10.5. The third-order valence-corrected chi connectivity index (χ3v) is 15.2. The normalized spacial score (nSPS) is 15.6. The topological polar surface area (TPSA) is 166 Å². The second kappa shape index (κ2) is 32.8. The van der Waals surface area contributed by atoms with Gasteiger partial charge in [-0.2, -0.15) is 0 Å². The molecular weight excluding hydrogens is 1120 g/mol.